The summed E-state index contributed by atoms with van der Waals surface area (Å²) < 4.78 is 62.4. The number of carboxylic acid groups (broad SMARTS) is 1. The molecule has 2 aromatic carbocycles. The van der Waals surface area contributed by atoms with Crippen LogP contribution >= 0.6 is 0 Å². The molecule has 0 spiro atoms. The van der Waals surface area contributed by atoms with Gasteiger partial charge in [0.1, 0.15) is 0 Å². The van der Waals surface area contributed by atoms with Crippen molar-refractivity contribution >= 4 is 15.8 Å². The van der Waals surface area contributed by atoms with Crippen LogP contribution in [0.15, 0.2) is 53.4 Å². The van der Waals surface area contributed by atoms with Gasteiger partial charge in [-0.25, -0.2) is 13.2 Å². The number of carbonyl (C=O) groups is 1. The molecule has 0 fully saturated rings. The van der Waals surface area contributed by atoms with Gasteiger partial charge in [0.15, 0.2) is 9.84 Å². The third-order valence-corrected chi connectivity index (χ3v) is 4.76. The van der Waals surface area contributed by atoms with E-state index >= 15 is 0 Å². The summed E-state index contributed by atoms with van der Waals surface area (Å²) in [4.78, 5) is 10.3. The lowest BCUT2D eigenvalue weighted by molar-refractivity contribution is -0.137. The molecule has 0 radical (unpaired) electrons. The first-order valence-electron chi connectivity index (χ1n) is 6.32. The number of hydrogen-bond donors (Lipinski definition) is 1. The second-order valence-electron chi connectivity index (χ2n) is 4.79. The zero-order valence-corrected chi connectivity index (χ0v) is 12.4. The van der Waals surface area contributed by atoms with Crippen LogP contribution < -0.4 is 0 Å². The summed E-state index contributed by atoms with van der Waals surface area (Å²) in [5.74, 6) is -1.67. The van der Waals surface area contributed by atoms with Crippen LogP contribution in [-0.2, 0) is 21.8 Å². The molecular weight excluding hydrogens is 333 g/mol. The van der Waals surface area contributed by atoms with Gasteiger partial charge in [0.2, 0.25) is 0 Å². The van der Waals surface area contributed by atoms with Gasteiger partial charge in [0, 0.05) is 0 Å². The second-order valence-corrected chi connectivity index (χ2v) is 6.78. The molecule has 2 aromatic rings. The summed E-state index contributed by atoms with van der Waals surface area (Å²) in [7, 11) is -3.98. The van der Waals surface area contributed by atoms with Crippen LogP contribution in [0.25, 0.3) is 0 Å². The molecule has 0 atom stereocenters. The quantitative estimate of drug-likeness (QED) is 0.923. The van der Waals surface area contributed by atoms with E-state index in [4.69, 9.17) is 5.11 Å². The molecule has 0 aliphatic heterocycles. The monoisotopic (exact) mass is 344 g/mol. The Morgan fingerprint density at radius 1 is 1.04 bits per heavy atom. The van der Waals surface area contributed by atoms with Gasteiger partial charge < -0.3 is 5.11 Å². The van der Waals surface area contributed by atoms with Crippen molar-refractivity contribution in [2.75, 3.05) is 0 Å². The Hall–Kier alpha value is -2.35. The molecule has 0 heterocycles. The average molecular weight is 344 g/mol. The van der Waals surface area contributed by atoms with Gasteiger partial charge in [0.25, 0.3) is 0 Å². The number of benzene rings is 2. The molecule has 0 amide bonds. The van der Waals surface area contributed by atoms with Crippen LogP contribution in [0, 0.1) is 0 Å². The van der Waals surface area contributed by atoms with Crippen molar-refractivity contribution < 1.29 is 31.5 Å². The Balaban J connectivity index is 2.30. The Labute approximate surface area is 130 Å². The Morgan fingerprint density at radius 3 is 2.17 bits per heavy atom. The van der Waals surface area contributed by atoms with E-state index in [9.17, 15) is 26.4 Å². The molecule has 0 saturated carbocycles. The van der Waals surface area contributed by atoms with Gasteiger partial charge in [0.05, 0.1) is 21.8 Å². The van der Waals surface area contributed by atoms with Crippen LogP contribution in [0.5, 0.6) is 0 Å². The van der Waals surface area contributed by atoms with E-state index in [1.54, 1.807) is 0 Å². The first-order valence-corrected chi connectivity index (χ1v) is 7.97. The van der Waals surface area contributed by atoms with E-state index in [1.807, 2.05) is 0 Å². The Morgan fingerprint density at radius 2 is 1.65 bits per heavy atom. The molecule has 0 aromatic heterocycles. The topological polar surface area (TPSA) is 71.4 Å². The molecule has 1 N–H and O–H groups in total. The lowest BCUT2D eigenvalue weighted by Crippen LogP contribution is -2.09. The maximum atomic E-state index is 12.7. The van der Waals surface area contributed by atoms with Crippen molar-refractivity contribution in [3.8, 4) is 0 Å². The predicted octanol–water partition coefficient (Wildman–Crippen LogP) is 3.38. The fourth-order valence-corrected chi connectivity index (χ4v) is 3.30. The lowest BCUT2D eigenvalue weighted by atomic mass is 10.1. The van der Waals surface area contributed by atoms with E-state index in [0.29, 0.717) is 6.07 Å². The van der Waals surface area contributed by atoms with Crippen molar-refractivity contribution in [1.29, 1.82) is 0 Å². The SMILES string of the molecule is O=C(O)c1ccc(CS(=O)(=O)c2cccc(C(F)(F)F)c2)cc1. The number of hydrogen-bond acceptors (Lipinski definition) is 3. The molecule has 0 unspecified atom stereocenters. The van der Waals surface area contributed by atoms with E-state index in [0.717, 1.165) is 18.2 Å². The highest BCUT2D eigenvalue weighted by molar-refractivity contribution is 7.90. The molecule has 2 rings (SSSR count). The van der Waals surface area contributed by atoms with Crippen LogP contribution in [0.1, 0.15) is 21.5 Å². The minimum atomic E-state index is -4.63. The fraction of sp³-hybridized carbons (Fsp3) is 0.133. The van der Waals surface area contributed by atoms with E-state index in [-0.39, 0.29) is 11.1 Å². The minimum Gasteiger partial charge on any atom is -0.478 e. The number of alkyl halides is 3. The van der Waals surface area contributed by atoms with Gasteiger partial charge in [-0.2, -0.15) is 13.2 Å². The summed E-state index contributed by atoms with van der Waals surface area (Å²) in [6, 6.07) is 8.60. The molecule has 8 heteroatoms. The Kier molecular flexibility index (Phi) is 4.46. The van der Waals surface area contributed by atoms with Gasteiger partial charge in [-0.3, -0.25) is 0 Å². The summed E-state index contributed by atoms with van der Waals surface area (Å²) in [6.07, 6.45) is -4.63. The standard InChI is InChI=1S/C15H11F3O4S/c16-15(17,18)12-2-1-3-13(8-12)23(21,22)9-10-4-6-11(7-5-10)14(19)20/h1-8H,9H2,(H,19,20). The predicted molar refractivity (Wildman–Crippen MR) is 75.7 cm³/mol. The number of aromatic carboxylic acids is 1. The van der Waals surface area contributed by atoms with Crippen molar-refractivity contribution in [2.24, 2.45) is 0 Å². The molecule has 0 bridgehead atoms. The van der Waals surface area contributed by atoms with Gasteiger partial charge in [-0.05, 0) is 35.9 Å². The van der Waals surface area contributed by atoms with Gasteiger partial charge >= 0.3 is 12.1 Å². The molecule has 0 aliphatic carbocycles. The number of sulfone groups is 1. The molecule has 23 heavy (non-hydrogen) atoms. The molecular formula is C15H11F3O4S. The van der Waals surface area contributed by atoms with Crippen molar-refractivity contribution in [2.45, 2.75) is 16.8 Å². The highest BCUT2D eigenvalue weighted by atomic mass is 32.2. The van der Waals surface area contributed by atoms with Crippen molar-refractivity contribution in [1.82, 2.24) is 0 Å². The van der Waals surface area contributed by atoms with Crippen molar-refractivity contribution in [3.63, 3.8) is 0 Å². The van der Waals surface area contributed by atoms with Crippen molar-refractivity contribution in [3.05, 3.63) is 65.2 Å². The van der Waals surface area contributed by atoms with Crippen LogP contribution in [-0.4, -0.2) is 19.5 Å². The van der Waals surface area contributed by atoms with E-state index in [1.165, 1.54) is 24.3 Å². The average Bonchev–Trinajstić information content (AvgIpc) is 2.46. The normalized spacial score (nSPS) is 12.1. The Bertz CT molecular complexity index is 825. The first-order chi connectivity index (χ1) is 10.6. The zero-order valence-electron chi connectivity index (χ0n) is 11.5. The molecule has 4 nitrogen and oxygen atoms in total. The highest BCUT2D eigenvalue weighted by Crippen LogP contribution is 2.31. The van der Waals surface area contributed by atoms with Crippen LogP contribution in [0.2, 0.25) is 0 Å². The summed E-state index contributed by atoms with van der Waals surface area (Å²) >= 11 is 0. The number of halogens is 3. The number of rotatable bonds is 4. The summed E-state index contributed by atoms with van der Waals surface area (Å²) in [6.45, 7) is 0. The maximum absolute atomic E-state index is 12.7. The first kappa shape index (κ1) is 17.0. The minimum absolute atomic E-state index is 0.00906. The highest BCUT2D eigenvalue weighted by Gasteiger charge is 2.31. The molecule has 0 saturated heterocycles. The third-order valence-electron chi connectivity index (χ3n) is 3.08. The molecule has 122 valence electrons. The second kappa shape index (κ2) is 6.04. The summed E-state index contributed by atoms with van der Waals surface area (Å²) in [5.41, 5.74) is -0.766. The third kappa shape index (κ3) is 4.10. The van der Waals surface area contributed by atoms with Crippen LogP contribution in [0.4, 0.5) is 13.2 Å². The molecule has 0 aliphatic rings. The maximum Gasteiger partial charge on any atom is 0.416 e. The van der Waals surface area contributed by atoms with E-state index < -0.39 is 38.2 Å². The lowest BCUT2D eigenvalue weighted by Gasteiger charge is -2.09. The van der Waals surface area contributed by atoms with Crippen LogP contribution in [0.3, 0.4) is 0 Å². The summed E-state index contributed by atoms with van der Waals surface area (Å²) in [5, 5.41) is 8.77. The van der Waals surface area contributed by atoms with E-state index in [2.05, 4.69) is 0 Å². The smallest absolute Gasteiger partial charge is 0.416 e. The van der Waals surface area contributed by atoms with Gasteiger partial charge in [-0.15, -0.1) is 0 Å². The zero-order chi connectivity index (χ0) is 17.3. The number of carboxylic acids is 1. The van der Waals surface area contributed by atoms with Gasteiger partial charge in [-0.1, -0.05) is 18.2 Å². The largest absolute Gasteiger partial charge is 0.478 e. The fourth-order valence-electron chi connectivity index (χ4n) is 1.91.